The van der Waals surface area contributed by atoms with Gasteiger partial charge in [-0.15, -0.1) is 0 Å². The van der Waals surface area contributed by atoms with Crippen LogP contribution in [0.15, 0.2) is 52.7 Å². The van der Waals surface area contributed by atoms with Gasteiger partial charge in [0.25, 0.3) is 0 Å². The van der Waals surface area contributed by atoms with E-state index < -0.39 is 5.97 Å². The second kappa shape index (κ2) is 8.28. The van der Waals surface area contributed by atoms with Crippen molar-refractivity contribution >= 4 is 31.0 Å². The van der Waals surface area contributed by atoms with Crippen LogP contribution in [0.5, 0.6) is 0 Å². The van der Waals surface area contributed by atoms with Crippen molar-refractivity contribution in [2.45, 2.75) is 6.42 Å². The number of carboxylic acids is 1. The first kappa shape index (κ1) is 17.0. The maximum Gasteiger partial charge on any atom is 0.307 e. The minimum Gasteiger partial charge on any atom is -0.481 e. The fraction of sp³-hybridized carbons (Fsp3) is 0.0556. The first-order valence-electron chi connectivity index (χ1n) is 7.05. The third-order valence-electron chi connectivity index (χ3n) is 3.27. The van der Waals surface area contributed by atoms with Crippen molar-refractivity contribution in [1.82, 2.24) is 0 Å². The minimum atomic E-state index is -1.02. The summed E-state index contributed by atoms with van der Waals surface area (Å²) in [6, 6.07) is 11.8. The molecule has 6 heteroatoms. The number of hydrogen-bond donors (Lipinski definition) is 1. The Morgan fingerprint density at radius 2 is 1.50 bits per heavy atom. The molecule has 1 N–H and O–H groups in total. The number of rotatable bonds is 7. The van der Waals surface area contributed by atoms with Crippen LogP contribution in [0.4, 0.5) is 0 Å². The Kier molecular flexibility index (Phi) is 5.85. The van der Waals surface area contributed by atoms with E-state index in [4.69, 9.17) is 5.11 Å². The molecule has 0 bridgehead atoms. The SMILES string of the molecule is O=Cc1ccccc1C=NN=Cc1cccc(CC(=O)O)c1C=O. The molecular weight excluding hydrogens is 308 g/mol. The van der Waals surface area contributed by atoms with Gasteiger partial charge in [-0.05, 0) is 5.56 Å². The molecule has 0 heterocycles. The zero-order chi connectivity index (χ0) is 17.4. The van der Waals surface area contributed by atoms with E-state index in [0.29, 0.717) is 28.5 Å². The van der Waals surface area contributed by atoms with Crippen molar-refractivity contribution < 1.29 is 19.5 Å². The normalized spacial score (nSPS) is 11.0. The molecule has 0 aliphatic rings. The topological polar surface area (TPSA) is 96.2 Å². The molecule has 0 radical (unpaired) electrons. The summed E-state index contributed by atoms with van der Waals surface area (Å²) >= 11 is 0. The summed E-state index contributed by atoms with van der Waals surface area (Å²) < 4.78 is 0. The van der Waals surface area contributed by atoms with E-state index in [2.05, 4.69) is 10.2 Å². The van der Waals surface area contributed by atoms with Crippen molar-refractivity contribution in [1.29, 1.82) is 0 Å². The Bertz CT molecular complexity index is 826. The highest BCUT2D eigenvalue weighted by Gasteiger charge is 2.09. The molecule has 0 atom stereocenters. The fourth-order valence-electron chi connectivity index (χ4n) is 2.13. The van der Waals surface area contributed by atoms with Crippen LogP contribution < -0.4 is 0 Å². The summed E-state index contributed by atoms with van der Waals surface area (Å²) in [4.78, 5) is 33.0. The van der Waals surface area contributed by atoms with E-state index in [0.717, 1.165) is 6.29 Å². The zero-order valence-corrected chi connectivity index (χ0v) is 12.6. The lowest BCUT2D eigenvalue weighted by atomic mass is 10.0. The minimum absolute atomic E-state index is 0.244. The lowest BCUT2D eigenvalue weighted by molar-refractivity contribution is -0.136. The molecule has 0 aliphatic carbocycles. The van der Waals surface area contributed by atoms with Crippen LogP contribution >= 0.6 is 0 Å². The van der Waals surface area contributed by atoms with Crippen molar-refractivity contribution in [2.24, 2.45) is 10.2 Å². The van der Waals surface area contributed by atoms with Crippen LogP contribution in [0.3, 0.4) is 0 Å². The average molecular weight is 322 g/mol. The molecule has 0 fully saturated rings. The van der Waals surface area contributed by atoms with E-state index in [-0.39, 0.29) is 12.0 Å². The highest BCUT2D eigenvalue weighted by Crippen LogP contribution is 2.12. The largest absolute Gasteiger partial charge is 0.481 e. The summed E-state index contributed by atoms with van der Waals surface area (Å²) in [7, 11) is 0. The van der Waals surface area contributed by atoms with Gasteiger partial charge >= 0.3 is 5.97 Å². The van der Waals surface area contributed by atoms with E-state index in [9.17, 15) is 14.4 Å². The first-order valence-corrected chi connectivity index (χ1v) is 7.05. The molecule has 0 spiro atoms. The molecule has 0 aromatic heterocycles. The Morgan fingerprint density at radius 3 is 2.12 bits per heavy atom. The lowest BCUT2D eigenvalue weighted by Gasteiger charge is -2.04. The lowest BCUT2D eigenvalue weighted by Crippen LogP contribution is -2.05. The number of carbonyl (C=O) groups excluding carboxylic acids is 2. The number of carbonyl (C=O) groups is 3. The Balaban J connectivity index is 2.23. The Hall–Kier alpha value is -3.41. The van der Waals surface area contributed by atoms with Gasteiger partial charge in [0.1, 0.15) is 0 Å². The number of aliphatic carboxylic acids is 1. The summed E-state index contributed by atoms with van der Waals surface area (Å²) in [6.45, 7) is 0. The zero-order valence-electron chi connectivity index (χ0n) is 12.6. The molecule has 2 aromatic rings. The maximum absolute atomic E-state index is 11.2. The fourth-order valence-corrected chi connectivity index (χ4v) is 2.13. The predicted octanol–water partition coefficient (Wildman–Crippen LogP) is 2.39. The second-order valence-corrected chi connectivity index (χ2v) is 4.84. The summed E-state index contributed by atoms with van der Waals surface area (Å²) in [5.74, 6) is -1.02. The molecule has 0 unspecified atom stereocenters. The van der Waals surface area contributed by atoms with Crippen LogP contribution in [-0.2, 0) is 11.2 Å². The smallest absolute Gasteiger partial charge is 0.307 e. The van der Waals surface area contributed by atoms with Crippen molar-refractivity contribution in [3.8, 4) is 0 Å². The van der Waals surface area contributed by atoms with Crippen LogP contribution in [0.25, 0.3) is 0 Å². The number of carboxylic acid groups (broad SMARTS) is 1. The third-order valence-corrected chi connectivity index (χ3v) is 3.27. The van der Waals surface area contributed by atoms with Crippen molar-refractivity contribution in [2.75, 3.05) is 0 Å². The molecule has 2 aromatic carbocycles. The molecule has 0 aliphatic heterocycles. The molecule has 6 nitrogen and oxygen atoms in total. The number of aldehydes is 2. The van der Waals surface area contributed by atoms with Crippen LogP contribution in [-0.4, -0.2) is 36.1 Å². The highest BCUT2D eigenvalue weighted by atomic mass is 16.4. The standard InChI is InChI=1S/C18H14N2O4/c21-11-16-5-2-1-4-14(16)9-19-20-10-15-7-3-6-13(8-18(23)24)17(15)12-22/h1-7,9-12H,8H2,(H,23,24). The maximum atomic E-state index is 11.2. The van der Waals surface area contributed by atoms with Crippen molar-refractivity contribution in [3.63, 3.8) is 0 Å². The van der Waals surface area contributed by atoms with Gasteiger partial charge in [0.15, 0.2) is 12.6 Å². The van der Waals surface area contributed by atoms with Crippen LogP contribution in [0, 0.1) is 0 Å². The summed E-state index contributed by atoms with van der Waals surface area (Å²) in [6.07, 6.45) is 3.89. The van der Waals surface area contributed by atoms with Crippen molar-refractivity contribution in [3.05, 3.63) is 70.3 Å². The molecule has 0 saturated carbocycles. The van der Waals surface area contributed by atoms with Gasteiger partial charge in [-0.2, -0.15) is 10.2 Å². The second-order valence-electron chi connectivity index (χ2n) is 4.84. The van der Waals surface area contributed by atoms with E-state index >= 15 is 0 Å². The molecule has 120 valence electrons. The number of nitrogens with zero attached hydrogens (tertiary/aromatic N) is 2. The molecular formula is C18H14N2O4. The molecule has 2 rings (SSSR count). The van der Waals surface area contributed by atoms with Gasteiger partial charge in [-0.1, -0.05) is 42.5 Å². The van der Waals surface area contributed by atoms with Crippen LogP contribution in [0.1, 0.15) is 37.4 Å². The number of hydrogen-bond acceptors (Lipinski definition) is 5. The van der Waals surface area contributed by atoms with E-state index in [1.165, 1.54) is 12.4 Å². The van der Waals surface area contributed by atoms with Gasteiger partial charge in [0.2, 0.25) is 0 Å². The van der Waals surface area contributed by atoms with Gasteiger partial charge in [-0.25, -0.2) is 0 Å². The predicted molar refractivity (Wildman–Crippen MR) is 90.2 cm³/mol. The van der Waals surface area contributed by atoms with E-state index in [1.54, 1.807) is 42.5 Å². The van der Waals surface area contributed by atoms with Gasteiger partial charge < -0.3 is 5.11 Å². The average Bonchev–Trinajstić information content (AvgIpc) is 2.58. The quantitative estimate of drug-likeness (QED) is 0.481. The first-order chi connectivity index (χ1) is 11.7. The molecule has 0 saturated heterocycles. The molecule has 24 heavy (non-hydrogen) atoms. The van der Waals surface area contributed by atoms with Gasteiger partial charge in [0, 0.05) is 22.3 Å². The monoisotopic (exact) mass is 322 g/mol. The summed E-state index contributed by atoms with van der Waals surface area (Å²) in [5.41, 5.74) is 2.28. The third kappa shape index (κ3) is 4.30. The Labute approximate surface area is 138 Å². The molecule has 0 amide bonds. The van der Waals surface area contributed by atoms with E-state index in [1.807, 2.05) is 0 Å². The highest BCUT2D eigenvalue weighted by molar-refractivity contribution is 5.95. The Morgan fingerprint density at radius 1 is 0.875 bits per heavy atom. The van der Waals surface area contributed by atoms with Gasteiger partial charge in [-0.3, -0.25) is 14.4 Å². The van der Waals surface area contributed by atoms with Gasteiger partial charge in [0.05, 0.1) is 18.9 Å². The summed E-state index contributed by atoms with van der Waals surface area (Å²) in [5, 5.41) is 16.6. The number of benzene rings is 2. The van der Waals surface area contributed by atoms with Crippen LogP contribution in [0.2, 0.25) is 0 Å².